The van der Waals surface area contributed by atoms with Crippen LogP contribution < -0.4 is 10.2 Å². The zero-order valence-corrected chi connectivity index (χ0v) is 13.5. The van der Waals surface area contributed by atoms with Gasteiger partial charge in [0.1, 0.15) is 0 Å². The summed E-state index contributed by atoms with van der Waals surface area (Å²) in [5.74, 6) is 1.44. The van der Waals surface area contributed by atoms with E-state index < -0.39 is 0 Å². The monoisotopic (exact) mass is 308 g/mol. The van der Waals surface area contributed by atoms with Gasteiger partial charge in [0.05, 0.1) is 0 Å². The highest BCUT2D eigenvalue weighted by molar-refractivity contribution is 5.94. The van der Waals surface area contributed by atoms with Crippen molar-refractivity contribution in [1.82, 2.24) is 5.32 Å². The lowest BCUT2D eigenvalue weighted by atomic mass is 9.91. The number of hydrogen-bond donors (Lipinski definition) is 1. The maximum absolute atomic E-state index is 12.7. The van der Waals surface area contributed by atoms with Crippen molar-refractivity contribution in [1.29, 1.82) is 0 Å². The smallest absolute Gasteiger partial charge is 0.227 e. The molecule has 1 amide bonds. The van der Waals surface area contributed by atoms with Gasteiger partial charge in [-0.2, -0.15) is 0 Å². The second kappa shape index (κ2) is 7.28. The zero-order chi connectivity index (χ0) is 13.9. The summed E-state index contributed by atoms with van der Waals surface area (Å²) >= 11 is 0. The number of para-hydroxylation sites is 1. The lowest BCUT2D eigenvalue weighted by Crippen LogP contribution is -2.41. The van der Waals surface area contributed by atoms with Gasteiger partial charge in [-0.1, -0.05) is 25.1 Å². The molecule has 1 saturated heterocycles. The second-order valence-electron chi connectivity index (χ2n) is 6.34. The Labute approximate surface area is 133 Å². The summed E-state index contributed by atoms with van der Waals surface area (Å²) in [6, 6.07) is 8.38. The van der Waals surface area contributed by atoms with Gasteiger partial charge in [0.25, 0.3) is 0 Å². The number of nitrogens with zero attached hydrogens (tertiary/aromatic N) is 1. The Kier molecular flexibility index (Phi) is 5.65. The molecule has 3 rings (SSSR count). The maximum Gasteiger partial charge on any atom is 0.227 e. The first-order valence-electron chi connectivity index (χ1n) is 7.83. The van der Waals surface area contributed by atoms with Gasteiger partial charge in [0.15, 0.2) is 0 Å². The van der Waals surface area contributed by atoms with E-state index in [9.17, 15) is 4.79 Å². The van der Waals surface area contributed by atoms with E-state index in [0.29, 0.717) is 24.2 Å². The molecular formula is C17H25ClN2O. The first kappa shape index (κ1) is 16.3. The van der Waals surface area contributed by atoms with E-state index in [1.54, 1.807) is 0 Å². The Morgan fingerprint density at radius 3 is 2.76 bits per heavy atom. The molecule has 0 bridgehead atoms. The van der Waals surface area contributed by atoms with Crippen molar-refractivity contribution < 1.29 is 4.79 Å². The summed E-state index contributed by atoms with van der Waals surface area (Å²) in [5.41, 5.74) is 2.47. The average molecular weight is 309 g/mol. The minimum atomic E-state index is 0. The number of carbonyl (C=O) groups is 1. The largest absolute Gasteiger partial charge is 0.317 e. The number of halogens is 1. The van der Waals surface area contributed by atoms with Crippen molar-refractivity contribution >= 4 is 24.0 Å². The lowest BCUT2D eigenvalue weighted by molar-refractivity contribution is -0.119. The van der Waals surface area contributed by atoms with Gasteiger partial charge in [-0.3, -0.25) is 4.79 Å². The predicted molar refractivity (Wildman–Crippen MR) is 89.1 cm³/mol. The molecular weight excluding hydrogens is 284 g/mol. The molecule has 1 aromatic carbocycles. The molecule has 0 saturated carbocycles. The van der Waals surface area contributed by atoms with Crippen molar-refractivity contribution in [2.24, 2.45) is 11.8 Å². The van der Waals surface area contributed by atoms with Crippen LogP contribution in [0.2, 0.25) is 0 Å². The Morgan fingerprint density at radius 1 is 1.29 bits per heavy atom. The van der Waals surface area contributed by atoms with Crippen LogP contribution in [0.3, 0.4) is 0 Å². The molecule has 116 valence electrons. The third-order valence-corrected chi connectivity index (χ3v) is 4.57. The molecule has 2 aliphatic rings. The predicted octanol–water partition coefficient (Wildman–Crippen LogP) is 3.02. The number of rotatable bonds is 2. The van der Waals surface area contributed by atoms with E-state index in [-0.39, 0.29) is 12.4 Å². The van der Waals surface area contributed by atoms with Crippen LogP contribution in [-0.2, 0) is 11.2 Å². The van der Waals surface area contributed by atoms with E-state index in [2.05, 4.69) is 30.4 Å². The van der Waals surface area contributed by atoms with Crippen LogP contribution in [-0.4, -0.2) is 25.5 Å². The van der Waals surface area contributed by atoms with Gasteiger partial charge in [-0.05, 0) is 55.8 Å². The molecule has 4 heteroatoms. The zero-order valence-electron chi connectivity index (χ0n) is 12.7. The van der Waals surface area contributed by atoms with Crippen LogP contribution in [0.25, 0.3) is 0 Å². The van der Waals surface area contributed by atoms with Crippen molar-refractivity contribution in [3.8, 4) is 0 Å². The summed E-state index contributed by atoms with van der Waals surface area (Å²) in [6.45, 7) is 5.23. The molecule has 3 nitrogen and oxygen atoms in total. The SMILES string of the molecule is CC1Cc2ccccc2N(C(=O)CC2CCNCC2)C1.Cl. The summed E-state index contributed by atoms with van der Waals surface area (Å²) in [4.78, 5) is 14.7. The van der Waals surface area contributed by atoms with E-state index in [0.717, 1.165) is 44.6 Å². The van der Waals surface area contributed by atoms with Crippen molar-refractivity contribution in [3.05, 3.63) is 29.8 Å². The number of carbonyl (C=O) groups excluding carboxylic acids is 1. The summed E-state index contributed by atoms with van der Waals surface area (Å²) in [7, 11) is 0. The van der Waals surface area contributed by atoms with Crippen molar-refractivity contribution in [3.63, 3.8) is 0 Å². The highest BCUT2D eigenvalue weighted by atomic mass is 35.5. The van der Waals surface area contributed by atoms with Crippen LogP contribution in [0.5, 0.6) is 0 Å². The lowest BCUT2D eigenvalue weighted by Gasteiger charge is -2.34. The molecule has 1 unspecified atom stereocenters. The van der Waals surface area contributed by atoms with Crippen LogP contribution in [0, 0.1) is 11.8 Å². The molecule has 1 fully saturated rings. The fraction of sp³-hybridized carbons (Fsp3) is 0.588. The van der Waals surface area contributed by atoms with Crippen LogP contribution in [0.4, 0.5) is 5.69 Å². The molecule has 2 aliphatic heterocycles. The fourth-order valence-corrected chi connectivity index (χ4v) is 3.48. The topological polar surface area (TPSA) is 32.3 Å². The Morgan fingerprint density at radius 2 is 2.00 bits per heavy atom. The number of amides is 1. The quantitative estimate of drug-likeness (QED) is 0.911. The molecule has 0 aromatic heterocycles. The van der Waals surface area contributed by atoms with E-state index in [4.69, 9.17) is 0 Å². The number of benzene rings is 1. The van der Waals surface area contributed by atoms with Crippen molar-refractivity contribution in [2.45, 2.75) is 32.6 Å². The van der Waals surface area contributed by atoms with Gasteiger partial charge in [-0.25, -0.2) is 0 Å². The van der Waals surface area contributed by atoms with E-state index in [1.807, 2.05) is 11.0 Å². The third kappa shape index (κ3) is 3.78. The molecule has 1 aromatic rings. The number of nitrogens with one attached hydrogen (secondary N) is 1. The highest BCUT2D eigenvalue weighted by Crippen LogP contribution is 2.31. The standard InChI is InChI=1S/C17H24N2O.ClH/c1-13-10-15-4-2-3-5-16(15)19(12-13)17(20)11-14-6-8-18-9-7-14;/h2-5,13-14,18H,6-12H2,1H3;1H. The number of anilines is 1. The molecule has 1 N–H and O–H groups in total. The molecule has 0 aliphatic carbocycles. The second-order valence-corrected chi connectivity index (χ2v) is 6.34. The molecule has 0 radical (unpaired) electrons. The molecule has 21 heavy (non-hydrogen) atoms. The van der Waals surface area contributed by atoms with Gasteiger partial charge in [0, 0.05) is 18.7 Å². The third-order valence-electron chi connectivity index (χ3n) is 4.57. The van der Waals surface area contributed by atoms with Crippen LogP contribution in [0.1, 0.15) is 31.7 Å². The summed E-state index contributed by atoms with van der Waals surface area (Å²) < 4.78 is 0. The minimum Gasteiger partial charge on any atom is -0.317 e. The number of piperidine rings is 1. The summed E-state index contributed by atoms with van der Waals surface area (Å²) in [5, 5.41) is 3.37. The highest BCUT2D eigenvalue weighted by Gasteiger charge is 2.27. The van der Waals surface area contributed by atoms with E-state index >= 15 is 0 Å². The fourth-order valence-electron chi connectivity index (χ4n) is 3.48. The van der Waals surface area contributed by atoms with Gasteiger partial charge in [-0.15, -0.1) is 12.4 Å². The minimum absolute atomic E-state index is 0. The van der Waals surface area contributed by atoms with Crippen LogP contribution >= 0.6 is 12.4 Å². The normalized spacial score (nSPS) is 22.3. The van der Waals surface area contributed by atoms with Crippen LogP contribution in [0.15, 0.2) is 24.3 Å². The van der Waals surface area contributed by atoms with Gasteiger partial charge >= 0.3 is 0 Å². The summed E-state index contributed by atoms with van der Waals surface area (Å²) in [6.07, 6.45) is 4.07. The number of hydrogen-bond acceptors (Lipinski definition) is 2. The van der Waals surface area contributed by atoms with E-state index in [1.165, 1.54) is 5.56 Å². The molecule has 0 spiro atoms. The Bertz CT molecular complexity index is 485. The van der Waals surface area contributed by atoms with Gasteiger partial charge < -0.3 is 10.2 Å². The first-order chi connectivity index (χ1) is 9.74. The van der Waals surface area contributed by atoms with Crippen molar-refractivity contribution in [2.75, 3.05) is 24.5 Å². The molecule has 2 heterocycles. The van der Waals surface area contributed by atoms with Gasteiger partial charge in [0.2, 0.25) is 5.91 Å². The molecule has 1 atom stereocenters. The number of fused-ring (bicyclic) bond motifs is 1. The first-order valence-corrected chi connectivity index (χ1v) is 7.83. The maximum atomic E-state index is 12.7. The Balaban J connectivity index is 0.00000161. The average Bonchev–Trinajstić information content (AvgIpc) is 2.47. The Hall–Kier alpha value is -1.06.